The zero-order chi connectivity index (χ0) is 13.4. The van der Waals surface area contributed by atoms with Crippen molar-refractivity contribution < 1.29 is 30.7 Å². The summed E-state index contributed by atoms with van der Waals surface area (Å²) in [6.45, 7) is 2.90. The molecule has 0 aliphatic carbocycles. The normalized spacial score (nSPS) is 11.7. The third-order valence-corrected chi connectivity index (χ3v) is 1.97. The maximum absolute atomic E-state index is 13.1. The van der Waals surface area contributed by atoms with Crippen molar-refractivity contribution in [1.82, 2.24) is 0 Å². The largest absolute Gasteiger partial charge is 0.393 e. The van der Waals surface area contributed by atoms with Crippen molar-refractivity contribution in [3.05, 3.63) is 41.0 Å². The summed E-state index contributed by atoms with van der Waals surface area (Å²) in [5, 5.41) is 0. The van der Waals surface area contributed by atoms with Gasteiger partial charge in [-0.05, 0) is 0 Å². The molecule has 0 heterocycles. The third kappa shape index (κ3) is 2.59. The number of alkyl halides is 3. The van der Waals surface area contributed by atoms with Gasteiger partial charge >= 0.3 is 6.18 Å². The number of halogens is 7. The lowest BCUT2D eigenvalue weighted by molar-refractivity contribution is -0.128. The summed E-state index contributed by atoms with van der Waals surface area (Å²) in [6, 6.07) is 0. The Balaban J connectivity index is 3.48. The molecule has 0 aliphatic heterocycles. The molecule has 0 unspecified atom stereocenters. The fourth-order valence-corrected chi connectivity index (χ4v) is 1.23. The van der Waals surface area contributed by atoms with E-state index in [1.54, 1.807) is 0 Å². The van der Waals surface area contributed by atoms with Crippen LogP contribution in [0.3, 0.4) is 0 Å². The fourth-order valence-electron chi connectivity index (χ4n) is 1.23. The summed E-state index contributed by atoms with van der Waals surface area (Å²) in [4.78, 5) is 0. The summed E-state index contributed by atoms with van der Waals surface area (Å²) in [6.07, 6.45) is -6.58. The molecule has 0 amide bonds. The maximum atomic E-state index is 13.1. The zero-order valence-electron chi connectivity index (χ0n) is 8.14. The molecule has 0 N–H and O–H groups in total. The molecule has 0 radical (unpaired) electrons. The molecule has 0 spiro atoms. The van der Waals surface area contributed by atoms with Crippen LogP contribution in [-0.4, -0.2) is 6.18 Å². The van der Waals surface area contributed by atoms with E-state index in [2.05, 4.69) is 6.58 Å². The molecule has 17 heavy (non-hydrogen) atoms. The monoisotopic (exact) mass is 258 g/mol. The van der Waals surface area contributed by atoms with Gasteiger partial charge in [-0.1, -0.05) is 12.7 Å². The van der Waals surface area contributed by atoms with Gasteiger partial charge in [-0.25, -0.2) is 17.6 Å². The molecule has 0 aromatic heterocycles. The molecule has 1 aromatic rings. The first-order valence-corrected chi connectivity index (χ1v) is 4.23. The van der Waals surface area contributed by atoms with E-state index in [-0.39, 0.29) is 0 Å². The van der Waals surface area contributed by atoms with E-state index >= 15 is 0 Å². The molecule has 1 aromatic carbocycles. The molecule has 0 saturated carbocycles. The van der Waals surface area contributed by atoms with E-state index in [4.69, 9.17) is 0 Å². The molecule has 1 rings (SSSR count). The Bertz CT molecular complexity index is 430. The highest BCUT2D eigenvalue weighted by Gasteiger charge is 2.34. The Kier molecular flexibility index (Phi) is 3.49. The molecule has 0 fully saturated rings. The summed E-state index contributed by atoms with van der Waals surface area (Å²) >= 11 is 0. The number of rotatable bonds is 2. The van der Waals surface area contributed by atoms with Gasteiger partial charge in [0.15, 0.2) is 23.3 Å². The minimum absolute atomic E-state index is 0.480. The highest BCUT2D eigenvalue weighted by Crippen LogP contribution is 2.30. The van der Waals surface area contributed by atoms with Crippen LogP contribution in [0.15, 0.2) is 6.58 Å². The zero-order valence-corrected chi connectivity index (χ0v) is 8.14. The van der Waals surface area contributed by atoms with Gasteiger partial charge in [-0.2, -0.15) is 13.2 Å². The standard InChI is InChI=1S/C10H5F7/c1-2-4-6(11)8(13)5(3-10(15,16)17)9(14)7(4)12/h2H,1,3H2. The van der Waals surface area contributed by atoms with Crippen LogP contribution in [0.2, 0.25) is 0 Å². The van der Waals surface area contributed by atoms with E-state index in [1.807, 2.05) is 0 Å². The van der Waals surface area contributed by atoms with Crippen LogP contribution in [0.4, 0.5) is 30.7 Å². The molecule has 0 bridgehead atoms. The van der Waals surface area contributed by atoms with Crippen LogP contribution in [0, 0.1) is 23.3 Å². The molecule has 0 saturated heterocycles. The second-order valence-electron chi connectivity index (χ2n) is 3.14. The SMILES string of the molecule is C=Cc1c(F)c(F)c(CC(F)(F)F)c(F)c1F. The lowest BCUT2D eigenvalue weighted by Crippen LogP contribution is -2.17. The Morgan fingerprint density at radius 2 is 1.29 bits per heavy atom. The van der Waals surface area contributed by atoms with Crippen molar-refractivity contribution in [2.24, 2.45) is 0 Å². The Hall–Kier alpha value is -1.53. The van der Waals surface area contributed by atoms with Gasteiger partial charge in [-0.15, -0.1) is 0 Å². The first-order chi connectivity index (χ1) is 7.69. The molecular weight excluding hydrogens is 253 g/mol. The van der Waals surface area contributed by atoms with Crippen molar-refractivity contribution in [1.29, 1.82) is 0 Å². The van der Waals surface area contributed by atoms with E-state index in [0.717, 1.165) is 0 Å². The lowest BCUT2D eigenvalue weighted by Gasteiger charge is -2.11. The van der Waals surface area contributed by atoms with Crippen LogP contribution >= 0.6 is 0 Å². The average Bonchev–Trinajstić information content (AvgIpc) is 2.21. The van der Waals surface area contributed by atoms with Crippen LogP contribution in [0.1, 0.15) is 11.1 Å². The molecule has 7 heteroatoms. The van der Waals surface area contributed by atoms with Crippen molar-refractivity contribution >= 4 is 6.08 Å². The molecular formula is C10H5F7. The fraction of sp³-hybridized carbons (Fsp3) is 0.200. The Labute approximate surface area is 91.4 Å². The quantitative estimate of drug-likeness (QED) is 0.555. The van der Waals surface area contributed by atoms with E-state index < -0.39 is 47.0 Å². The smallest absolute Gasteiger partial charge is 0.203 e. The molecule has 0 aliphatic rings. The van der Waals surface area contributed by atoms with Crippen molar-refractivity contribution in [3.8, 4) is 0 Å². The van der Waals surface area contributed by atoms with Crippen LogP contribution in [0.25, 0.3) is 6.08 Å². The highest BCUT2D eigenvalue weighted by atomic mass is 19.4. The number of benzene rings is 1. The van der Waals surface area contributed by atoms with Gasteiger partial charge in [0.25, 0.3) is 0 Å². The summed E-state index contributed by atoms with van der Waals surface area (Å²) in [5.74, 6) is -7.90. The van der Waals surface area contributed by atoms with Crippen molar-refractivity contribution in [2.75, 3.05) is 0 Å². The topological polar surface area (TPSA) is 0 Å². The lowest BCUT2D eigenvalue weighted by atomic mass is 10.1. The Morgan fingerprint density at radius 1 is 0.882 bits per heavy atom. The van der Waals surface area contributed by atoms with Crippen molar-refractivity contribution in [2.45, 2.75) is 12.6 Å². The van der Waals surface area contributed by atoms with Crippen LogP contribution < -0.4 is 0 Å². The number of hydrogen-bond donors (Lipinski definition) is 0. The minimum Gasteiger partial charge on any atom is -0.203 e. The Morgan fingerprint density at radius 3 is 1.59 bits per heavy atom. The number of hydrogen-bond acceptors (Lipinski definition) is 0. The molecule has 94 valence electrons. The highest BCUT2D eigenvalue weighted by molar-refractivity contribution is 5.50. The van der Waals surface area contributed by atoms with Gasteiger partial charge in [0, 0.05) is 5.56 Å². The van der Waals surface area contributed by atoms with Gasteiger partial charge in [-0.3, -0.25) is 0 Å². The first kappa shape index (κ1) is 13.5. The van der Waals surface area contributed by atoms with Crippen LogP contribution in [0.5, 0.6) is 0 Å². The molecule has 0 atom stereocenters. The summed E-state index contributed by atoms with van der Waals surface area (Å²) in [7, 11) is 0. The summed E-state index contributed by atoms with van der Waals surface area (Å²) in [5.41, 5.74) is -2.82. The molecule has 0 nitrogen and oxygen atoms in total. The summed E-state index contributed by atoms with van der Waals surface area (Å²) < 4.78 is 88.1. The second-order valence-corrected chi connectivity index (χ2v) is 3.14. The van der Waals surface area contributed by atoms with Gasteiger partial charge in [0.05, 0.1) is 12.0 Å². The van der Waals surface area contributed by atoms with E-state index in [0.29, 0.717) is 6.08 Å². The van der Waals surface area contributed by atoms with Gasteiger partial charge in [0.1, 0.15) is 0 Å². The minimum atomic E-state index is -4.98. The second kappa shape index (κ2) is 4.38. The first-order valence-electron chi connectivity index (χ1n) is 4.23. The predicted molar refractivity (Wildman–Crippen MR) is 46.1 cm³/mol. The third-order valence-electron chi connectivity index (χ3n) is 1.97. The maximum Gasteiger partial charge on any atom is 0.393 e. The van der Waals surface area contributed by atoms with E-state index in [9.17, 15) is 30.7 Å². The average molecular weight is 258 g/mol. The van der Waals surface area contributed by atoms with Crippen LogP contribution in [-0.2, 0) is 6.42 Å². The van der Waals surface area contributed by atoms with Gasteiger partial charge < -0.3 is 0 Å². The predicted octanol–water partition coefficient (Wildman–Crippen LogP) is 3.99. The van der Waals surface area contributed by atoms with E-state index in [1.165, 1.54) is 0 Å². The van der Waals surface area contributed by atoms with Crippen molar-refractivity contribution in [3.63, 3.8) is 0 Å². The van der Waals surface area contributed by atoms with Gasteiger partial charge in [0.2, 0.25) is 0 Å².